The van der Waals surface area contributed by atoms with Crippen LogP contribution >= 0.6 is 0 Å². The van der Waals surface area contributed by atoms with Crippen LogP contribution in [0.4, 0.5) is 0 Å². The van der Waals surface area contributed by atoms with Gasteiger partial charge in [0.15, 0.2) is 0 Å². The molecule has 2 rings (SSSR count). The Morgan fingerprint density at radius 1 is 1.21 bits per heavy atom. The van der Waals surface area contributed by atoms with Crippen LogP contribution in [-0.4, -0.2) is 17.8 Å². The number of hydrogen-bond donors (Lipinski definition) is 2. The molecule has 106 valence electrons. The summed E-state index contributed by atoms with van der Waals surface area (Å²) in [6.07, 6.45) is 5.27. The highest BCUT2D eigenvalue weighted by molar-refractivity contribution is 5.25. The Bertz CT molecular complexity index is 373. The Morgan fingerprint density at radius 3 is 2.47 bits per heavy atom. The average Bonchev–Trinajstić information content (AvgIpc) is 2.86. The lowest BCUT2D eigenvalue weighted by Gasteiger charge is -2.20. The van der Waals surface area contributed by atoms with Gasteiger partial charge in [-0.1, -0.05) is 38.1 Å². The van der Waals surface area contributed by atoms with Crippen LogP contribution < -0.4 is 5.32 Å². The van der Waals surface area contributed by atoms with E-state index in [1.54, 1.807) is 0 Å². The first-order valence-corrected chi connectivity index (χ1v) is 7.73. The van der Waals surface area contributed by atoms with Crippen LogP contribution in [0.15, 0.2) is 24.3 Å². The molecule has 0 radical (unpaired) electrons. The number of aryl methyl sites for hydroxylation is 1. The van der Waals surface area contributed by atoms with Gasteiger partial charge in [0.25, 0.3) is 0 Å². The van der Waals surface area contributed by atoms with Crippen molar-refractivity contribution in [3.8, 4) is 0 Å². The van der Waals surface area contributed by atoms with Crippen molar-refractivity contribution in [2.75, 3.05) is 6.54 Å². The van der Waals surface area contributed by atoms with Crippen LogP contribution in [0.3, 0.4) is 0 Å². The van der Waals surface area contributed by atoms with E-state index in [2.05, 4.69) is 43.4 Å². The third-order valence-corrected chi connectivity index (χ3v) is 4.37. The third-order valence-electron chi connectivity index (χ3n) is 4.37. The van der Waals surface area contributed by atoms with Crippen molar-refractivity contribution >= 4 is 0 Å². The van der Waals surface area contributed by atoms with Gasteiger partial charge >= 0.3 is 0 Å². The van der Waals surface area contributed by atoms with Crippen molar-refractivity contribution in [2.45, 2.75) is 58.1 Å². The predicted octanol–water partition coefficient (Wildman–Crippen LogP) is 3.45. The van der Waals surface area contributed by atoms with E-state index in [-0.39, 0.29) is 6.10 Å². The second kappa shape index (κ2) is 7.06. The molecule has 3 atom stereocenters. The fourth-order valence-corrected chi connectivity index (χ4v) is 3.03. The van der Waals surface area contributed by atoms with Crippen LogP contribution in [0.25, 0.3) is 0 Å². The molecule has 3 unspecified atom stereocenters. The van der Waals surface area contributed by atoms with E-state index in [0.29, 0.717) is 12.0 Å². The summed E-state index contributed by atoms with van der Waals surface area (Å²) in [5.41, 5.74) is 2.79. The molecule has 0 saturated heterocycles. The summed E-state index contributed by atoms with van der Waals surface area (Å²) in [6.45, 7) is 5.45. The Labute approximate surface area is 117 Å². The van der Waals surface area contributed by atoms with Gasteiger partial charge in [0.2, 0.25) is 0 Å². The molecule has 0 spiro atoms. The fraction of sp³-hybridized carbons (Fsp3) is 0.647. The van der Waals surface area contributed by atoms with E-state index >= 15 is 0 Å². The summed E-state index contributed by atoms with van der Waals surface area (Å²) >= 11 is 0. The molecule has 0 aromatic heterocycles. The summed E-state index contributed by atoms with van der Waals surface area (Å²) in [4.78, 5) is 0. The number of rotatable bonds is 6. The van der Waals surface area contributed by atoms with E-state index in [1.807, 2.05) is 0 Å². The average molecular weight is 261 g/mol. The zero-order valence-electron chi connectivity index (χ0n) is 12.2. The molecule has 1 saturated carbocycles. The van der Waals surface area contributed by atoms with Gasteiger partial charge < -0.3 is 10.4 Å². The topological polar surface area (TPSA) is 32.3 Å². The Balaban J connectivity index is 1.88. The lowest BCUT2D eigenvalue weighted by Crippen LogP contribution is -2.26. The summed E-state index contributed by atoms with van der Waals surface area (Å²) in [5, 5.41) is 13.2. The second-order valence-electron chi connectivity index (χ2n) is 5.80. The first-order chi connectivity index (χ1) is 9.22. The van der Waals surface area contributed by atoms with E-state index in [1.165, 1.54) is 17.5 Å². The lowest BCUT2D eigenvalue weighted by molar-refractivity contribution is 0.177. The van der Waals surface area contributed by atoms with E-state index in [4.69, 9.17) is 0 Å². The zero-order valence-corrected chi connectivity index (χ0v) is 12.2. The van der Waals surface area contributed by atoms with Crippen molar-refractivity contribution in [1.82, 2.24) is 5.32 Å². The quantitative estimate of drug-likeness (QED) is 0.822. The maximum absolute atomic E-state index is 9.57. The van der Waals surface area contributed by atoms with Crippen LogP contribution in [0.1, 0.15) is 56.7 Å². The van der Waals surface area contributed by atoms with Gasteiger partial charge in [-0.05, 0) is 55.7 Å². The maximum atomic E-state index is 9.57. The molecule has 2 nitrogen and oxygen atoms in total. The first-order valence-electron chi connectivity index (χ1n) is 7.73. The molecule has 1 fully saturated rings. The van der Waals surface area contributed by atoms with Crippen molar-refractivity contribution in [1.29, 1.82) is 0 Å². The van der Waals surface area contributed by atoms with Crippen LogP contribution in [-0.2, 0) is 6.42 Å². The molecule has 19 heavy (non-hydrogen) atoms. The Kier molecular flexibility index (Phi) is 5.41. The summed E-state index contributed by atoms with van der Waals surface area (Å²) in [7, 11) is 0. The van der Waals surface area contributed by atoms with Crippen molar-refractivity contribution in [2.24, 2.45) is 5.92 Å². The minimum Gasteiger partial charge on any atom is -0.393 e. The van der Waals surface area contributed by atoms with Gasteiger partial charge in [0.1, 0.15) is 0 Å². The molecule has 1 aliphatic rings. The van der Waals surface area contributed by atoms with Crippen molar-refractivity contribution in [3.63, 3.8) is 0 Å². The normalized spacial score (nSPS) is 24.6. The largest absolute Gasteiger partial charge is 0.393 e. The molecule has 0 bridgehead atoms. The molecular weight excluding hydrogens is 234 g/mol. The standard InChI is InChI=1S/C17H27NO/c1-3-13-5-8-15(9-6-13)17(4-2)18-12-14-7-10-16(19)11-14/h5-6,8-9,14,16-19H,3-4,7,10-12H2,1-2H3. The molecule has 0 heterocycles. The van der Waals surface area contributed by atoms with E-state index in [0.717, 1.165) is 32.2 Å². The van der Waals surface area contributed by atoms with Gasteiger partial charge in [-0.3, -0.25) is 0 Å². The first kappa shape index (κ1) is 14.5. The molecule has 0 amide bonds. The highest BCUT2D eigenvalue weighted by Crippen LogP contribution is 2.26. The number of aliphatic hydroxyl groups is 1. The van der Waals surface area contributed by atoms with Gasteiger partial charge in [-0.25, -0.2) is 0 Å². The van der Waals surface area contributed by atoms with E-state index < -0.39 is 0 Å². The van der Waals surface area contributed by atoms with Crippen molar-refractivity contribution < 1.29 is 5.11 Å². The Morgan fingerprint density at radius 2 is 1.95 bits per heavy atom. The van der Waals surface area contributed by atoms with Gasteiger partial charge in [-0.15, -0.1) is 0 Å². The second-order valence-corrected chi connectivity index (χ2v) is 5.80. The summed E-state index contributed by atoms with van der Waals surface area (Å²) in [5.74, 6) is 0.652. The highest BCUT2D eigenvalue weighted by atomic mass is 16.3. The molecule has 2 N–H and O–H groups in total. The number of aliphatic hydroxyl groups excluding tert-OH is 1. The molecule has 1 aromatic carbocycles. The SMILES string of the molecule is CCc1ccc(C(CC)NCC2CCC(O)C2)cc1. The fourth-order valence-electron chi connectivity index (χ4n) is 3.03. The number of benzene rings is 1. The van der Waals surface area contributed by atoms with Crippen molar-refractivity contribution in [3.05, 3.63) is 35.4 Å². The number of hydrogen-bond acceptors (Lipinski definition) is 2. The zero-order chi connectivity index (χ0) is 13.7. The smallest absolute Gasteiger partial charge is 0.0543 e. The predicted molar refractivity (Wildman–Crippen MR) is 80.2 cm³/mol. The molecule has 0 aliphatic heterocycles. The maximum Gasteiger partial charge on any atom is 0.0543 e. The lowest BCUT2D eigenvalue weighted by atomic mass is 10.0. The van der Waals surface area contributed by atoms with Crippen LogP contribution in [0.2, 0.25) is 0 Å². The van der Waals surface area contributed by atoms with Gasteiger partial charge in [0.05, 0.1) is 6.10 Å². The number of nitrogens with one attached hydrogen (secondary N) is 1. The molecule has 1 aliphatic carbocycles. The summed E-state index contributed by atoms with van der Waals surface area (Å²) < 4.78 is 0. The van der Waals surface area contributed by atoms with Gasteiger partial charge in [-0.2, -0.15) is 0 Å². The molecular formula is C17H27NO. The summed E-state index contributed by atoms with van der Waals surface area (Å²) in [6, 6.07) is 9.42. The monoisotopic (exact) mass is 261 g/mol. The van der Waals surface area contributed by atoms with Crippen LogP contribution in [0, 0.1) is 5.92 Å². The minimum absolute atomic E-state index is 0.0595. The third kappa shape index (κ3) is 4.05. The Hall–Kier alpha value is -0.860. The molecule has 2 heteroatoms. The van der Waals surface area contributed by atoms with E-state index in [9.17, 15) is 5.11 Å². The van der Waals surface area contributed by atoms with Gasteiger partial charge in [0, 0.05) is 6.04 Å². The minimum atomic E-state index is -0.0595. The molecule has 1 aromatic rings. The highest BCUT2D eigenvalue weighted by Gasteiger charge is 2.23. The van der Waals surface area contributed by atoms with Crippen LogP contribution in [0.5, 0.6) is 0 Å².